The van der Waals surface area contributed by atoms with Gasteiger partial charge in [0.15, 0.2) is 17.0 Å². The summed E-state index contributed by atoms with van der Waals surface area (Å²) in [6.07, 6.45) is 0.906. The lowest BCUT2D eigenvalue weighted by Crippen LogP contribution is -2.37. The number of aryl methyl sites for hydroxylation is 1. The van der Waals surface area contributed by atoms with Gasteiger partial charge in [-0.2, -0.15) is 9.97 Å². The Bertz CT molecular complexity index is 704. The first kappa shape index (κ1) is 16.4. The average molecular weight is 340 g/mol. The number of morpholine rings is 1. The molecule has 1 aliphatic rings. The Morgan fingerprint density at radius 2 is 1.91 bits per heavy atom. The van der Waals surface area contributed by atoms with E-state index in [4.69, 9.17) is 16.3 Å². The third-order valence-electron chi connectivity index (χ3n) is 3.85. The van der Waals surface area contributed by atoms with Crippen molar-refractivity contribution in [3.8, 4) is 0 Å². The number of rotatable bonds is 4. The highest BCUT2D eigenvalue weighted by molar-refractivity contribution is 6.28. The summed E-state index contributed by atoms with van der Waals surface area (Å²) < 4.78 is 7.34. The van der Waals surface area contributed by atoms with Crippen molar-refractivity contribution in [2.75, 3.05) is 31.2 Å². The van der Waals surface area contributed by atoms with Gasteiger partial charge in [-0.3, -0.25) is 0 Å². The highest BCUT2D eigenvalue weighted by Crippen LogP contribution is 2.30. The largest absolute Gasteiger partial charge is 0.383 e. The lowest BCUT2D eigenvalue weighted by molar-refractivity contribution is 0.0651. The van der Waals surface area contributed by atoms with E-state index in [1.54, 1.807) is 13.8 Å². The van der Waals surface area contributed by atoms with Crippen molar-refractivity contribution in [3.05, 3.63) is 11.1 Å². The highest BCUT2D eigenvalue weighted by atomic mass is 35.5. The lowest BCUT2D eigenvalue weighted by atomic mass is 10.1. The monoisotopic (exact) mass is 339 g/mol. The molecule has 0 radical (unpaired) electrons. The van der Waals surface area contributed by atoms with E-state index in [9.17, 15) is 5.11 Å². The Hall–Kier alpha value is -1.44. The van der Waals surface area contributed by atoms with Crippen LogP contribution in [0.4, 0.5) is 5.82 Å². The molecule has 23 heavy (non-hydrogen) atoms. The normalized spacial score (nSPS) is 16.3. The maximum absolute atomic E-state index is 10.5. The van der Waals surface area contributed by atoms with E-state index in [0.717, 1.165) is 19.5 Å². The molecule has 2 aromatic heterocycles. The Kier molecular flexibility index (Phi) is 4.44. The number of aliphatic hydroxyl groups is 1. The van der Waals surface area contributed by atoms with Crippen molar-refractivity contribution in [2.24, 2.45) is 0 Å². The summed E-state index contributed by atoms with van der Waals surface area (Å²) in [5.41, 5.74) is 0.289. The van der Waals surface area contributed by atoms with Gasteiger partial charge in [-0.05, 0) is 31.9 Å². The summed E-state index contributed by atoms with van der Waals surface area (Å²) in [7, 11) is 0. The Morgan fingerprint density at radius 3 is 2.52 bits per heavy atom. The van der Waals surface area contributed by atoms with Crippen LogP contribution in [-0.2, 0) is 16.9 Å². The van der Waals surface area contributed by atoms with Crippen LogP contribution in [0.1, 0.15) is 33.0 Å². The molecule has 1 aliphatic heterocycles. The van der Waals surface area contributed by atoms with Gasteiger partial charge in [0.05, 0.1) is 13.2 Å². The van der Waals surface area contributed by atoms with Gasteiger partial charge in [0.2, 0.25) is 5.28 Å². The number of ether oxygens (including phenoxy) is 1. The molecule has 0 atom stereocenters. The van der Waals surface area contributed by atoms with Crippen molar-refractivity contribution in [1.29, 1.82) is 0 Å². The predicted molar refractivity (Wildman–Crippen MR) is 88.9 cm³/mol. The molecule has 1 N–H and O–H groups in total. The first-order valence-electron chi connectivity index (χ1n) is 7.91. The van der Waals surface area contributed by atoms with E-state index in [2.05, 4.69) is 26.8 Å². The van der Waals surface area contributed by atoms with Crippen LogP contribution < -0.4 is 4.90 Å². The number of hydrogen-bond donors (Lipinski definition) is 1. The van der Waals surface area contributed by atoms with Crippen LogP contribution in [0, 0.1) is 0 Å². The van der Waals surface area contributed by atoms with E-state index in [1.807, 2.05) is 4.57 Å². The van der Waals surface area contributed by atoms with Gasteiger partial charge in [0.25, 0.3) is 0 Å². The third kappa shape index (κ3) is 3.13. The fraction of sp³-hybridized carbons (Fsp3) is 0.667. The lowest BCUT2D eigenvalue weighted by Gasteiger charge is -2.27. The summed E-state index contributed by atoms with van der Waals surface area (Å²) in [6, 6.07) is 0. The summed E-state index contributed by atoms with van der Waals surface area (Å²) >= 11 is 6.15. The fourth-order valence-electron chi connectivity index (χ4n) is 2.86. The number of aromatic nitrogens is 4. The summed E-state index contributed by atoms with van der Waals surface area (Å²) in [5.74, 6) is 1.30. The number of imidazole rings is 1. The fourth-order valence-corrected chi connectivity index (χ4v) is 3.02. The first-order valence-corrected chi connectivity index (χ1v) is 8.29. The molecule has 0 amide bonds. The molecule has 0 bridgehead atoms. The van der Waals surface area contributed by atoms with E-state index in [-0.39, 0.29) is 5.28 Å². The Balaban J connectivity index is 2.21. The second-order valence-electron chi connectivity index (χ2n) is 6.23. The highest BCUT2D eigenvalue weighted by Gasteiger charge is 2.28. The molecule has 0 saturated carbocycles. The zero-order chi connectivity index (χ0) is 16.6. The molecule has 1 fully saturated rings. The molecule has 3 rings (SSSR count). The number of anilines is 1. The molecule has 0 aromatic carbocycles. The maximum Gasteiger partial charge on any atom is 0.226 e. The molecular weight excluding hydrogens is 318 g/mol. The van der Waals surface area contributed by atoms with Crippen molar-refractivity contribution in [3.63, 3.8) is 0 Å². The molecule has 8 heteroatoms. The molecule has 3 heterocycles. The standard InChI is InChI=1S/C15H22ClN5O2/c1-4-5-21-12-10(17-13(21)15(2,3)22)11(18-14(16)19-12)20-6-8-23-9-7-20/h22H,4-9H2,1-3H3. The van der Waals surface area contributed by atoms with Crippen LogP contribution in [-0.4, -0.2) is 50.9 Å². The second-order valence-corrected chi connectivity index (χ2v) is 6.57. The minimum atomic E-state index is -1.06. The molecule has 2 aromatic rings. The Morgan fingerprint density at radius 1 is 1.22 bits per heavy atom. The van der Waals surface area contributed by atoms with Gasteiger partial charge in [0, 0.05) is 19.6 Å². The van der Waals surface area contributed by atoms with E-state index >= 15 is 0 Å². The van der Waals surface area contributed by atoms with E-state index < -0.39 is 5.60 Å². The SMILES string of the molecule is CCCn1c(C(C)(C)O)nc2c(N3CCOCC3)nc(Cl)nc21. The molecule has 0 aliphatic carbocycles. The minimum Gasteiger partial charge on any atom is -0.383 e. The minimum absolute atomic E-state index is 0.193. The van der Waals surface area contributed by atoms with Crippen LogP contribution in [0.3, 0.4) is 0 Å². The van der Waals surface area contributed by atoms with Crippen molar-refractivity contribution in [2.45, 2.75) is 39.3 Å². The molecule has 7 nitrogen and oxygen atoms in total. The topological polar surface area (TPSA) is 76.3 Å². The zero-order valence-corrected chi connectivity index (χ0v) is 14.5. The Labute approximate surface area is 140 Å². The molecule has 126 valence electrons. The third-order valence-corrected chi connectivity index (χ3v) is 4.02. The predicted octanol–water partition coefficient (Wildman–Crippen LogP) is 1.95. The van der Waals surface area contributed by atoms with Crippen LogP contribution in [0.5, 0.6) is 0 Å². The number of halogens is 1. The summed E-state index contributed by atoms with van der Waals surface area (Å²) in [5, 5.41) is 10.7. The quantitative estimate of drug-likeness (QED) is 0.858. The van der Waals surface area contributed by atoms with Gasteiger partial charge >= 0.3 is 0 Å². The van der Waals surface area contributed by atoms with Gasteiger partial charge in [0.1, 0.15) is 11.4 Å². The van der Waals surface area contributed by atoms with Crippen LogP contribution in [0.2, 0.25) is 5.28 Å². The second kappa shape index (κ2) is 6.22. The zero-order valence-electron chi connectivity index (χ0n) is 13.7. The van der Waals surface area contributed by atoms with Crippen LogP contribution in [0.15, 0.2) is 0 Å². The number of fused-ring (bicyclic) bond motifs is 1. The van der Waals surface area contributed by atoms with Crippen molar-refractivity contribution >= 4 is 28.6 Å². The molecular formula is C15H22ClN5O2. The van der Waals surface area contributed by atoms with Gasteiger partial charge in [-0.1, -0.05) is 6.92 Å². The van der Waals surface area contributed by atoms with Crippen LogP contribution >= 0.6 is 11.6 Å². The van der Waals surface area contributed by atoms with Gasteiger partial charge in [-0.25, -0.2) is 4.98 Å². The molecule has 1 saturated heterocycles. The summed E-state index contributed by atoms with van der Waals surface area (Å²) in [6.45, 7) is 9.02. The van der Waals surface area contributed by atoms with Gasteiger partial charge < -0.3 is 19.3 Å². The van der Waals surface area contributed by atoms with Gasteiger partial charge in [-0.15, -0.1) is 0 Å². The smallest absolute Gasteiger partial charge is 0.226 e. The molecule has 0 unspecified atom stereocenters. The number of nitrogens with zero attached hydrogens (tertiary/aromatic N) is 5. The molecule has 0 spiro atoms. The van der Waals surface area contributed by atoms with E-state index in [0.29, 0.717) is 42.6 Å². The van der Waals surface area contributed by atoms with E-state index in [1.165, 1.54) is 0 Å². The van der Waals surface area contributed by atoms with Crippen molar-refractivity contribution in [1.82, 2.24) is 19.5 Å². The maximum atomic E-state index is 10.5. The first-order chi connectivity index (χ1) is 10.9. The number of hydrogen-bond acceptors (Lipinski definition) is 6. The summed E-state index contributed by atoms with van der Waals surface area (Å²) in [4.78, 5) is 15.5. The van der Waals surface area contributed by atoms with Crippen molar-refractivity contribution < 1.29 is 9.84 Å². The van der Waals surface area contributed by atoms with Crippen LogP contribution in [0.25, 0.3) is 11.2 Å². The average Bonchev–Trinajstić information content (AvgIpc) is 2.87.